The molecule has 0 saturated carbocycles. The Kier molecular flexibility index (Phi) is 6.11. The van der Waals surface area contributed by atoms with Gasteiger partial charge in [-0.05, 0) is 51.2 Å². The molecule has 1 aliphatic carbocycles. The van der Waals surface area contributed by atoms with Gasteiger partial charge in [0.15, 0.2) is 5.69 Å². The molecule has 2 N–H and O–H groups in total. The molecule has 5 nitrogen and oxygen atoms in total. The summed E-state index contributed by atoms with van der Waals surface area (Å²) in [6.45, 7) is 3.96. The van der Waals surface area contributed by atoms with Gasteiger partial charge >= 0.3 is 0 Å². The average molecular weight is 310 g/mol. The molecule has 0 spiro atoms. The van der Waals surface area contributed by atoms with Crippen LogP contribution in [0.15, 0.2) is 0 Å². The van der Waals surface area contributed by atoms with Crippen molar-refractivity contribution in [1.82, 2.24) is 20.4 Å². The topological polar surface area (TPSA) is 59.0 Å². The molecule has 0 aliphatic heterocycles. The minimum Gasteiger partial charge on any atom is -0.354 e. The lowest BCUT2D eigenvalue weighted by Gasteiger charge is -2.24. The van der Waals surface area contributed by atoms with E-state index in [2.05, 4.69) is 28.9 Å². The Morgan fingerprint density at radius 2 is 2.33 bits per heavy atom. The van der Waals surface area contributed by atoms with Crippen molar-refractivity contribution in [1.29, 1.82) is 0 Å². The van der Waals surface area contributed by atoms with E-state index >= 15 is 0 Å². The standard InChI is InChI=1S/C15H26N4OS/c1-4-19-13-7-6-11(17-8-5-9-21-3)10-12(13)14(18-19)15(20)16-2/h11,17H,4-10H2,1-3H3,(H,16,20)/t11-/m1/s1. The highest BCUT2D eigenvalue weighted by Crippen LogP contribution is 2.25. The Bertz CT molecular complexity index is 486. The maximum atomic E-state index is 12.0. The monoisotopic (exact) mass is 310 g/mol. The van der Waals surface area contributed by atoms with E-state index in [-0.39, 0.29) is 5.91 Å². The van der Waals surface area contributed by atoms with Crippen LogP contribution in [0.4, 0.5) is 0 Å². The highest BCUT2D eigenvalue weighted by Gasteiger charge is 2.28. The van der Waals surface area contributed by atoms with Crippen LogP contribution in [0.1, 0.15) is 41.5 Å². The molecular weight excluding hydrogens is 284 g/mol. The fraction of sp³-hybridized carbons (Fsp3) is 0.733. The molecule has 0 saturated heterocycles. The molecule has 0 aromatic carbocycles. The SMILES string of the molecule is CCn1nc(C(=O)NC)c2c1CC[C@@H](NCCCSC)C2. The zero-order valence-electron chi connectivity index (χ0n) is 13.2. The van der Waals surface area contributed by atoms with Gasteiger partial charge in [-0.25, -0.2) is 0 Å². The van der Waals surface area contributed by atoms with E-state index in [0.29, 0.717) is 11.7 Å². The van der Waals surface area contributed by atoms with E-state index in [1.54, 1.807) is 7.05 Å². The third kappa shape index (κ3) is 3.80. The van der Waals surface area contributed by atoms with Gasteiger partial charge in [-0.3, -0.25) is 9.48 Å². The quantitative estimate of drug-likeness (QED) is 0.749. The molecule has 0 fully saturated rings. The minimum absolute atomic E-state index is 0.0681. The lowest BCUT2D eigenvalue weighted by molar-refractivity contribution is 0.0956. The fourth-order valence-electron chi connectivity index (χ4n) is 2.95. The molecule has 1 aromatic heterocycles. The number of aryl methyl sites for hydroxylation is 1. The van der Waals surface area contributed by atoms with Crippen LogP contribution < -0.4 is 10.6 Å². The summed E-state index contributed by atoms with van der Waals surface area (Å²) >= 11 is 1.89. The van der Waals surface area contributed by atoms with E-state index in [1.165, 1.54) is 17.9 Å². The highest BCUT2D eigenvalue weighted by molar-refractivity contribution is 7.98. The minimum atomic E-state index is -0.0681. The Morgan fingerprint density at radius 1 is 1.52 bits per heavy atom. The third-order valence-corrected chi connectivity index (χ3v) is 4.74. The van der Waals surface area contributed by atoms with Crippen LogP contribution in [0.2, 0.25) is 0 Å². The van der Waals surface area contributed by atoms with Crippen LogP contribution in [-0.2, 0) is 19.4 Å². The van der Waals surface area contributed by atoms with Crippen molar-refractivity contribution in [2.45, 2.75) is 45.2 Å². The van der Waals surface area contributed by atoms with Gasteiger partial charge in [0, 0.05) is 30.9 Å². The first kappa shape index (κ1) is 16.4. The maximum Gasteiger partial charge on any atom is 0.271 e. The first-order valence-corrected chi connectivity index (χ1v) is 9.13. The van der Waals surface area contributed by atoms with E-state index in [0.717, 1.165) is 37.9 Å². The summed E-state index contributed by atoms with van der Waals surface area (Å²) in [5.74, 6) is 1.13. The number of nitrogens with one attached hydrogen (secondary N) is 2. The zero-order chi connectivity index (χ0) is 15.2. The predicted octanol–water partition coefficient (Wildman–Crippen LogP) is 1.46. The normalized spacial score (nSPS) is 17.6. The van der Waals surface area contributed by atoms with Gasteiger partial charge in [-0.2, -0.15) is 16.9 Å². The number of carbonyl (C=O) groups is 1. The predicted molar refractivity (Wildman–Crippen MR) is 88.1 cm³/mol. The maximum absolute atomic E-state index is 12.0. The molecule has 1 aliphatic rings. The van der Waals surface area contributed by atoms with Crippen LogP contribution in [-0.4, -0.2) is 47.3 Å². The molecule has 1 atom stereocenters. The second kappa shape index (κ2) is 7.84. The molecule has 1 amide bonds. The van der Waals surface area contributed by atoms with Crippen molar-refractivity contribution in [2.24, 2.45) is 0 Å². The van der Waals surface area contributed by atoms with E-state index in [4.69, 9.17) is 0 Å². The summed E-state index contributed by atoms with van der Waals surface area (Å²) in [6, 6.07) is 0.470. The van der Waals surface area contributed by atoms with Gasteiger partial charge < -0.3 is 10.6 Å². The van der Waals surface area contributed by atoms with E-state index in [9.17, 15) is 4.79 Å². The van der Waals surface area contributed by atoms with Crippen molar-refractivity contribution < 1.29 is 4.79 Å². The molecular formula is C15H26N4OS. The molecule has 1 heterocycles. The Morgan fingerprint density at radius 3 is 3.00 bits per heavy atom. The van der Waals surface area contributed by atoms with Gasteiger partial charge in [0.2, 0.25) is 0 Å². The first-order chi connectivity index (χ1) is 10.2. The van der Waals surface area contributed by atoms with Crippen molar-refractivity contribution in [3.8, 4) is 0 Å². The molecule has 21 heavy (non-hydrogen) atoms. The number of thioether (sulfide) groups is 1. The van der Waals surface area contributed by atoms with Gasteiger partial charge in [-0.1, -0.05) is 0 Å². The molecule has 118 valence electrons. The second-order valence-corrected chi connectivity index (χ2v) is 6.39. The van der Waals surface area contributed by atoms with Crippen LogP contribution in [0.25, 0.3) is 0 Å². The third-order valence-electron chi connectivity index (χ3n) is 4.05. The highest BCUT2D eigenvalue weighted by atomic mass is 32.2. The Labute approximate surface area is 131 Å². The molecule has 0 bridgehead atoms. The Hall–Kier alpha value is -1.01. The fourth-order valence-corrected chi connectivity index (χ4v) is 3.38. The van der Waals surface area contributed by atoms with Crippen molar-refractivity contribution >= 4 is 17.7 Å². The summed E-state index contributed by atoms with van der Waals surface area (Å²) in [6.07, 6.45) is 6.39. The second-order valence-electron chi connectivity index (χ2n) is 5.41. The van der Waals surface area contributed by atoms with E-state index < -0.39 is 0 Å². The number of fused-ring (bicyclic) bond motifs is 1. The van der Waals surface area contributed by atoms with Crippen LogP contribution in [0.5, 0.6) is 0 Å². The van der Waals surface area contributed by atoms with Crippen LogP contribution >= 0.6 is 11.8 Å². The van der Waals surface area contributed by atoms with Gasteiger partial charge in [0.05, 0.1) is 0 Å². The largest absolute Gasteiger partial charge is 0.354 e. The smallest absolute Gasteiger partial charge is 0.271 e. The number of rotatable bonds is 7. The molecule has 6 heteroatoms. The van der Waals surface area contributed by atoms with Crippen LogP contribution in [0.3, 0.4) is 0 Å². The lowest BCUT2D eigenvalue weighted by Crippen LogP contribution is -2.36. The number of aromatic nitrogens is 2. The molecule has 0 radical (unpaired) electrons. The Balaban J connectivity index is 2.07. The summed E-state index contributed by atoms with van der Waals surface area (Å²) in [4.78, 5) is 12.0. The average Bonchev–Trinajstić information content (AvgIpc) is 2.89. The van der Waals surface area contributed by atoms with Crippen LogP contribution in [0, 0.1) is 0 Å². The summed E-state index contributed by atoms with van der Waals surface area (Å²) in [5.41, 5.74) is 3.01. The summed E-state index contributed by atoms with van der Waals surface area (Å²) in [7, 11) is 1.67. The van der Waals surface area contributed by atoms with Gasteiger partial charge in [-0.15, -0.1) is 0 Å². The molecule has 0 unspecified atom stereocenters. The van der Waals surface area contributed by atoms with E-state index in [1.807, 2.05) is 16.4 Å². The number of hydrogen-bond acceptors (Lipinski definition) is 4. The number of carbonyl (C=O) groups excluding carboxylic acids is 1. The summed E-state index contributed by atoms with van der Waals surface area (Å²) < 4.78 is 1.99. The van der Waals surface area contributed by atoms with Crippen molar-refractivity contribution in [3.05, 3.63) is 17.0 Å². The van der Waals surface area contributed by atoms with Crippen molar-refractivity contribution in [3.63, 3.8) is 0 Å². The summed E-state index contributed by atoms with van der Waals surface area (Å²) in [5, 5.41) is 10.8. The molecule has 2 rings (SSSR count). The van der Waals surface area contributed by atoms with Gasteiger partial charge in [0.25, 0.3) is 5.91 Å². The number of amides is 1. The molecule has 1 aromatic rings. The van der Waals surface area contributed by atoms with Gasteiger partial charge in [0.1, 0.15) is 0 Å². The van der Waals surface area contributed by atoms with Crippen molar-refractivity contribution in [2.75, 3.05) is 25.6 Å². The number of nitrogens with zero attached hydrogens (tertiary/aromatic N) is 2. The zero-order valence-corrected chi connectivity index (χ0v) is 14.1. The number of hydrogen-bond donors (Lipinski definition) is 2. The lowest BCUT2D eigenvalue weighted by atomic mass is 9.91. The first-order valence-electron chi connectivity index (χ1n) is 7.74.